The van der Waals surface area contributed by atoms with E-state index in [0.29, 0.717) is 19.3 Å². The van der Waals surface area contributed by atoms with Crippen LogP contribution in [0.15, 0.2) is 12.2 Å². The Labute approximate surface area is 107 Å². The van der Waals surface area contributed by atoms with Crippen LogP contribution >= 0.6 is 0 Å². The molecule has 0 unspecified atom stereocenters. The molecule has 0 fully saturated rings. The summed E-state index contributed by atoms with van der Waals surface area (Å²) in [4.78, 5) is 19.7. The van der Waals surface area contributed by atoms with E-state index in [1.807, 2.05) is 0 Å². The van der Waals surface area contributed by atoms with Crippen molar-refractivity contribution in [2.45, 2.75) is 25.7 Å². The van der Waals surface area contributed by atoms with Gasteiger partial charge in [-0.25, -0.2) is 0 Å². The molecule has 0 aliphatic carbocycles. The molecule has 0 aromatic rings. The third kappa shape index (κ3) is 17.8. The predicted molar refractivity (Wildman–Crippen MR) is 37.6 cm³/mol. The Bertz CT molecular complexity index is 192. The van der Waals surface area contributed by atoms with E-state index in [0.717, 1.165) is 6.08 Å². The minimum Gasteiger partial charge on any atom is -0.550 e. The molecule has 0 heterocycles. The summed E-state index contributed by atoms with van der Waals surface area (Å²) in [5.41, 5.74) is 0. The molecule has 0 aliphatic rings. The summed E-state index contributed by atoms with van der Waals surface area (Å²) in [6, 6.07) is 0. The average Bonchev–Trinajstić information content (AvgIpc) is 1.95. The van der Waals surface area contributed by atoms with Gasteiger partial charge in [0.25, 0.3) is 0 Å². The number of unbranched alkanes of at least 4 members (excludes halogenated alkanes) is 2. The topological polar surface area (TPSA) is 80.3 Å². The summed E-state index contributed by atoms with van der Waals surface area (Å²) in [6.07, 6.45) is 4.14. The molecule has 0 aromatic carbocycles. The molecule has 4 nitrogen and oxygen atoms in total. The quantitative estimate of drug-likeness (QED) is 0.233. The van der Waals surface area contributed by atoms with Crippen molar-refractivity contribution in [3.63, 3.8) is 0 Å². The second-order valence-electron chi connectivity index (χ2n) is 2.34. The molecule has 0 N–H and O–H groups in total. The minimum atomic E-state index is -1.23. The van der Waals surface area contributed by atoms with Gasteiger partial charge in [0.15, 0.2) is 0 Å². The monoisotopic (exact) mass is 184 g/mol. The van der Waals surface area contributed by atoms with Gasteiger partial charge >= 0.3 is 37.7 Å². The van der Waals surface area contributed by atoms with Gasteiger partial charge in [-0.1, -0.05) is 6.08 Å². The zero-order chi connectivity index (χ0) is 9.40. The van der Waals surface area contributed by atoms with E-state index in [-0.39, 0.29) is 44.1 Å². The SMILES string of the molecule is O=C([O-])C=CCCCCC(=O)[O-].[Li+].[Li+]. The number of carboxylic acids is 2. The number of carboxylic acid groups (broad SMARTS) is 2. The first-order chi connectivity index (χ1) is 5.63. The number of hydrogen-bond acceptors (Lipinski definition) is 4. The molecular formula is C8H10Li2O4. The van der Waals surface area contributed by atoms with Gasteiger partial charge in [0.1, 0.15) is 0 Å². The van der Waals surface area contributed by atoms with Gasteiger partial charge in [-0.3, -0.25) is 0 Å². The molecule has 0 bridgehead atoms. The van der Waals surface area contributed by atoms with Crippen molar-refractivity contribution in [3.05, 3.63) is 12.2 Å². The molecule has 6 heteroatoms. The summed E-state index contributed by atoms with van der Waals surface area (Å²) in [6.45, 7) is 0. The second-order valence-corrected chi connectivity index (χ2v) is 2.34. The van der Waals surface area contributed by atoms with E-state index in [9.17, 15) is 19.8 Å². The first-order valence-electron chi connectivity index (χ1n) is 3.70. The van der Waals surface area contributed by atoms with Crippen LogP contribution in [0.5, 0.6) is 0 Å². The molecule has 0 aliphatic heterocycles. The van der Waals surface area contributed by atoms with Gasteiger partial charge in [0.05, 0.1) is 5.97 Å². The van der Waals surface area contributed by atoms with Crippen molar-refractivity contribution in [1.82, 2.24) is 0 Å². The van der Waals surface area contributed by atoms with Gasteiger partial charge < -0.3 is 19.8 Å². The van der Waals surface area contributed by atoms with E-state index in [1.165, 1.54) is 6.08 Å². The van der Waals surface area contributed by atoms with Gasteiger partial charge in [-0.05, 0) is 31.8 Å². The molecule has 0 radical (unpaired) electrons. The van der Waals surface area contributed by atoms with Gasteiger partial charge in [-0.15, -0.1) is 0 Å². The van der Waals surface area contributed by atoms with Crippen LogP contribution in [0.2, 0.25) is 0 Å². The number of allylic oxidation sites excluding steroid dienone is 1. The van der Waals surface area contributed by atoms with E-state index in [2.05, 4.69) is 0 Å². The summed E-state index contributed by atoms with van der Waals surface area (Å²) >= 11 is 0. The third-order valence-corrected chi connectivity index (χ3v) is 1.26. The van der Waals surface area contributed by atoms with Crippen LogP contribution in [0.1, 0.15) is 25.7 Å². The van der Waals surface area contributed by atoms with Crippen molar-refractivity contribution in [2.75, 3.05) is 0 Å². The van der Waals surface area contributed by atoms with Crippen LogP contribution in [0, 0.1) is 0 Å². The Morgan fingerprint density at radius 1 is 1.07 bits per heavy atom. The molecule has 0 atom stereocenters. The van der Waals surface area contributed by atoms with Crippen LogP contribution in [-0.4, -0.2) is 11.9 Å². The number of aliphatic carboxylic acids is 2. The largest absolute Gasteiger partial charge is 1.00 e. The van der Waals surface area contributed by atoms with Crippen LogP contribution in [-0.2, 0) is 9.59 Å². The standard InChI is InChI=1S/C8H12O4.2Li/c9-7(10)5-3-1-2-4-6-8(11)12;;/h3,5H,1-2,4,6H2,(H,9,10)(H,11,12);;/q;2*+1/p-2. The van der Waals surface area contributed by atoms with E-state index >= 15 is 0 Å². The van der Waals surface area contributed by atoms with Crippen molar-refractivity contribution < 1.29 is 57.5 Å². The van der Waals surface area contributed by atoms with E-state index in [4.69, 9.17) is 0 Å². The van der Waals surface area contributed by atoms with Gasteiger partial charge in [0.2, 0.25) is 0 Å². The van der Waals surface area contributed by atoms with Crippen molar-refractivity contribution >= 4 is 11.9 Å². The summed E-state index contributed by atoms with van der Waals surface area (Å²) in [5.74, 6) is -2.30. The smallest absolute Gasteiger partial charge is 0.550 e. The zero-order valence-electron chi connectivity index (χ0n) is 8.62. The van der Waals surface area contributed by atoms with Gasteiger partial charge in [0, 0.05) is 5.97 Å². The maximum atomic E-state index is 9.91. The maximum Gasteiger partial charge on any atom is 1.00 e. The van der Waals surface area contributed by atoms with Crippen molar-refractivity contribution in [2.24, 2.45) is 0 Å². The number of carbonyl (C=O) groups excluding carboxylic acids is 2. The Balaban J connectivity index is -0.000000605. The molecule has 0 amide bonds. The molecular weight excluding hydrogens is 174 g/mol. The number of rotatable bonds is 6. The minimum absolute atomic E-state index is 0. The van der Waals surface area contributed by atoms with Gasteiger partial charge in [-0.2, -0.15) is 0 Å². The fraction of sp³-hybridized carbons (Fsp3) is 0.500. The van der Waals surface area contributed by atoms with Crippen LogP contribution in [0.25, 0.3) is 0 Å². The molecule has 0 saturated carbocycles. The van der Waals surface area contributed by atoms with Crippen LogP contribution < -0.4 is 47.9 Å². The Morgan fingerprint density at radius 3 is 2.07 bits per heavy atom. The normalized spacial score (nSPS) is 8.86. The Morgan fingerprint density at radius 2 is 1.64 bits per heavy atom. The molecule has 0 saturated heterocycles. The first-order valence-corrected chi connectivity index (χ1v) is 3.70. The van der Waals surface area contributed by atoms with Crippen molar-refractivity contribution in [3.8, 4) is 0 Å². The fourth-order valence-corrected chi connectivity index (χ4v) is 0.711. The maximum absolute atomic E-state index is 9.91. The summed E-state index contributed by atoms with van der Waals surface area (Å²) < 4.78 is 0. The van der Waals surface area contributed by atoms with E-state index in [1.54, 1.807) is 0 Å². The molecule has 0 rings (SSSR count). The summed E-state index contributed by atoms with van der Waals surface area (Å²) in [5, 5.41) is 19.7. The number of carbonyl (C=O) groups is 2. The second kappa shape index (κ2) is 12.9. The Hall–Kier alpha value is -0.125. The zero-order valence-corrected chi connectivity index (χ0v) is 8.62. The van der Waals surface area contributed by atoms with Crippen molar-refractivity contribution in [1.29, 1.82) is 0 Å². The molecule has 0 aromatic heterocycles. The molecule has 14 heavy (non-hydrogen) atoms. The molecule has 68 valence electrons. The summed E-state index contributed by atoms with van der Waals surface area (Å²) in [7, 11) is 0. The van der Waals surface area contributed by atoms with E-state index < -0.39 is 11.9 Å². The third-order valence-electron chi connectivity index (χ3n) is 1.26. The Kier molecular flexibility index (Phi) is 17.9. The number of hydrogen-bond donors (Lipinski definition) is 0. The average molecular weight is 184 g/mol. The van der Waals surface area contributed by atoms with Crippen LogP contribution in [0.3, 0.4) is 0 Å². The van der Waals surface area contributed by atoms with Crippen LogP contribution in [0.4, 0.5) is 0 Å². The predicted octanol–water partition coefficient (Wildman–Crippen LogP) is -7.39. The fourth-order valence-electron chi connectivity index (χ4n) is 0.711. The molecule has 0 spiro atoms. The first kappa shape index (κ1) is 19.4.